The van der Waals surface area contributed by atoms with Crippen molar-refractivity contribution in [3.63, 3.8) is 0 Å². The summed E-state index contributed by atoms with van der Waals surface area (Å²) in [6.45, 7) is 3.69. The van der Waals surface area contributed by atoms with Crippen molar-refractivity contribution < 1.29 is 13.9 Å². The number of ether oxygens (including phenoxy) is 1. The summed E-state index contributed by atoms with van der Waals surface area (Å²) < 4.78 is 20.4. The molecule has 1 saturated heterocycles. The molecular formula is C18H21ClFN3O2. The van der Waals surface area contributed by atoms with Gasteiger partial charge >= 0.3 is 0 Å². The topological polar surface area (TPSA) is 47.4 Å². The van der Waals surface area contributed by atoms with E-state index in [0.717, 1.165) is 17.8 Å². The summed E-state index contributed by atoms with van der Waals surface area (Å²) in [6.07, 6.45) is 0.719. The molecule has 3 rings (SSSR count). The maximum Gasteiger partial charge on any atom is 0.228 e. The zero-order chi connectivity index (χ0) is 18.0. The van der Waals surface area contributed by atoms with E-state index in [-0.39, 0.29) is 11.8 Å². The molecule has 1 amide bonds. The van der Waals surface area contributed by atoms with Crippen molar-refractivity contribution in [1.29, 1.82) is 0 Å². The van der Waals surface area contributed by atoms with Crippen molar-refractivity contribution in [3.8, 4) is 0 Å². The molecule has 7 heteroatoms. The van der Waals surface area contributed by atoms with Gasteiger partial charge in [0.2, 0.25) is 5.91 Å². The lowest BCUT2D eigenvalue weighted by Crippen LogP contribution is -2.36. The maximum absolute atomic E-state index is 13.3. The number of hydrogen-bond acceptors (Lipinski definition) is 3. The second kappa shape index (κ2) is 7.54. The average molecular weight is 366 g/mol. The summed E-state index contributed by atoms with van der Waals surface area (Å²) in [4.78, 5) is 14.7. The Labute approximate surface area is 151 Å². The summed E-state index contributed by atoms with van der Waals surface area (Å²) in [7, 11) is 1.86. The molecule has 0 radical (unpaired) electrons. The summed E-state index contributed by atoms with van der Waals surface area (Å²) in [5.41, 5.74) is 2.55. The quantitative estimate of drug-likeness (QED) is 0.818. The van der Waals surface area contributed by atoms with E-state index in [2.05, 4.69) is 5.10 Å². The minimum atomic E-state index is -0.391. The number of aryl methyl sites for hydroxylation is 2. The van der Waals surface area contributed by atoms with Crippen LogP contribution in [0.1, 0.15) is 23.4 Å². The molecule has 1 aromatic heterocycles. The number of carbonyl (C=O) groups excluding carboxylic acids is 1. The zero-order valence-corrected chi connectivity index (χ0v) is 15.1. The monoisotopic (exact) mass is 365 g/mol. The van der Waals surface area contributed by atoms with Crippen molar-refractivity contribution in [2.45, 2.75) is 26.4 Å². The Hall–Kier alpha value is -1.92. The first-order valence-corrected chi connectivity index (χ1v) is 8.62. The van der Waals surface area contributed by atoms with Gasteiger partial charge in [0.25, 0.3) is 0 Å². The molecule has 5 nitrogen and oxygen atoms in total. The van der Waals surface area contributed by atoms with E-state index in [1.807, 2.05) is 20.0 Å². The lowest BCUT2D eigenvalue weighted by molar-refractivity contribution is -0.136. The fraction of sp³-hybridized carbons (Fsp3) is 0.444. The van der Waals surface area contributed by atoms with Crippen molar-refractivity contribution in [2.75, 3.05) is 13.2 Å². The number of halogens is 2. The van der Waals surface area contributed by atoms with Gasteiger partial charge in [-0.2, -0.15) is 5.10 Å². The Bertz CT molecular complexity index is 772. The smallest absolute Gasteiger partial charge is 0.228 e. The average Bonchev–Trinajstić information content (AvgIpc) is 3.18. The minimum absolute atomic E-state index is 0.0248. The van der Waals surface area contributed by atoms with Gasteiger partial charge in [0.1, 0.15) is 5.82 Å². The van der Waals surface area contributed by atoms with Gasteiger partial charge in [-0.25, -0.2) is 4.39 Å². The highest BCUT2D eigenvalue weighted by atomic mass is 35.5. The molecule has 1 atom stereocenters. The molecule has 0 N–H and O–H groups in total. The molecule has 2 heterocycles. The van der Waals surface area contributed by atoms with Gasteiger partial charge in [0.05, 0.1) is 30.5 Å². The molecule has 134 valence electrons. The largest absolute Gasteiger partial charge is 0.381 e. The van der Waals surface area contributed by atoms with Crippen LogP contribution in [-0.4, -0.2) is 33.8 Å². The molecule has 1 aliphatic heterocycles. The maximum atomic E-state index is 13.3. The highest BCUT2D eigenvalue weighted by Gasteiger charge is 2.29. The van der Waals surface area contributed by atoms with Gasteiger partial charge in [-0.05, 0) is 37.1 Å². The van der Waals surface area contributed by atoms with E-state index in [1.165, 1.54) is 12.1 Å². The van der Waals surface area contributed by atoms with Crippen molar-refractivity contribution in [2.24, 2.45) is 13.0 Å². The fourth-order valence-corrected chi connectivity index (χ4v) is 3.29. The van der Waals surface area contributed by atoms with E-state index in [4.69, 9.17) is 16.3 Å². The van der Waals surface area contributed by atoms with Crippen molar-refractivity contribution >= 4 is 17.5 Å². The van der Waals surface area contributed by atoms with Crippen LogP contribution in [0.2, 0.25) is 5.02 Å². The van der Waals surface area contributed by atoms with Gasteiger partial charge in [0, 0.05) is 25.2 Å². The first-order valence-electron chi connectivity index (χ1n) is 8.24. The molecule has 25 heavy (non-hydrogen) atoms. The van der Waals surface area contributed by atoms with Crippen LogP contribution in [0.4, 0.5) is 4.39 Å². The molecule has 2 aromatic rings. The molecular weight excluding hydrogens is 345 g/mol. The molecule has 0 bridgehead atoms. The van der Waals surface area contributed by atoms with Gasteiger partial charge < -0.3 is 9.64 Å². The van der Waals surface area contributed by atoms with Crippen molar-refractivity contribution in [3.05, 3.63) is 52.1 Å². The summed E-state index contributed by atoms with van der Waals surface area (Å²) in [5.74, 6) is -0.511. The predicted molar refractivity (Wildman–Crippen MR) is 92.5 cm³/mol. The number of amides is 1. The Morgan fingerprint density at radius 3 is 2.84 bits per heavy atom. The molecule has 0 spiro atoms. The van der Waals surface area contributed by atoms with Crippen molar-refractivity contribution in [1.82, 2.24) is 14.7 Å². The van der Waals surface area contributed by atoms with Gasteiger partial charge in [-0.1, -0.05) is 17.7 Å². The van der Waals surface area contributed by atoms with Gasteiger partial charge in [-0.3, -0.25) is 9.48 Å². The van der Waals surface area contributed by atoms with E-state index in [0.29, 0.717) is 36.9 Å². The first kappa shape index (κ1) is 17.9. The standard InChI is InChI=1S/C18H21ClFN3O2/c1-12-7-16(22(2)21-12)10-23(18(24)14-5-6-25-11-14)9-13-3-4-15(20)8-17(13)19/h3-4,7-8,14H,5-6,9-11H2,1-2H3/t14-/m0/s1. The predicted octanol–water partition coefficient (Wildman–Crippen LogP) is 3.09. The van der Waals surface area contributed by atoms with E-state index in [1.54, 1.807) is 15.6 Å². The van der Waals surface area contributed by atoms with Crippen LogP contribution in [0.25, 0.3) is 0 Å². The van der Waals surface area contributed by atoms with E-state index < -0.39 is 5.82 Å². The summed E-state index contributed by atoms with van der Waals surface area (Å²) in [6, 6.07) is 6.21. The van der Waals surface area contributed by atoms with Crippen LogP contribution in [-0.2, 0) is 29.7 Å². The van der Waals surface area contributed by atoms with Crippen LogP contribution in [0, 0.1) is 18.7 Å². The second-order valence-corrected chi connectivity index (χ2v) is 6.80. The van der Waals surface area contributed by atoms with Crippen LogP contribution < -0.4 is 0 Å². The summed E-state index contributed by atoms with van der Waals surface area (Å²) in [5, 5.41) is 4.66. The Morgan fingerprint density at radius 1 is 1.44 bits per heavy atom. The number of benzene rings is 1. The lowest BCUT2D eigenvalue weighted by atomic mass is 10.1. The Morgan fingerprint density at radius 2 is 2.24 bits per heavy atom. The Kier molecular flexibility index (Phi) is 5.39. The highest BCUT2D eigenvalue weighted by molar-refractivity contribution is 6.31. The highest BCUT2D eigenvalue weighted by Crippen LogP contribution is 2.23. The molecule has 0 unspecified atom stereocenters. The van der Waals surface area contributed by atoms with Crippen LogP contribution in [0.3, 0.4) is 0 Å². The third-order valence-corrected chi connectivity index (χ3v) is 4.77. The zero-order valence-electron chi connectivity index (χ0n) is 14.3. The molecule has 0 saturated carbocycles. The van der Waals surface area contributed by atoms with Crippen LogP contribution in [0.5, 0.6) is 0 Å². The third-order valence-electron chi connectivity index (χ3n) is 4.42. The van der Waals surface area contributed by atoms with Crippen LogP contribution in [0.15, 0.2) is 24.3 Å². The van der Waals surface area contributed by atoms with E-state index in [9.17, 15) is 9.18 Å². The molecule has 0 aliphatic carbocycles. The lowest BCUT2D eigenvalue weighted by Gasteiger charge is -2.26. The molecule has 1 fully saturated rings. The van der Waals surface area contributed by atoms with E-state index >= 15 is 0 Å². The third kappa shape index (κ3) is 4.19. The normalized spacial score (nSPS) is 17.0. The summed E-state index contributed by atoms with van der Waals surface area (Å²) >= 11 is 6.16. The SMILES string of the molecule is Cc1cc(CN(Cc2ccc(F)cc2Cl)C(=O)[C@H]2CCOC2)n(C)n1. The number of rotatable bonds is 5. The Balaban J connectivity index is 1.85. The second-order valence-electron chi connectivity index (χ2n) is 6.39. The fourth-order valence-electron chi connectivity index (χ4n) is 3.06. The number of nitrogens with zero attached hydrogens (tertiary/aromatic N) is 3. The number of aromatic nitrogens is 2. The van der Waals surface area contributed by atoms with Gasteiger partial charge in [0.15, 0.2) is 0 Å². The van der Waals surface area contributed by atoms with Gasteiger partial charge in [-0.15, -0.1) is 0 Å². The minimum Gasteiger partial charge on any atom is -0.381 e. The number of hydrogen-bond donors (Lipinski definition) is 0. The first-order chi connectivity index (χ1) is 11.9. The molecule has 1 aliphatic rings. The molecule has 1 aromatic carbocycles. The van der Waals surface area contributed by atoms with Crippen LogP contribution >= 0.6 is 11.6 Å². The number of carbonyl (C=O) groups is 1.